The van der Waals surface area contributed by atoms with Gasteiger partial charge in [0.15, 0.2) is 10.1 Å². The number of hydrogen-bond donors (Lipinski definition) is 1. The molecule has 0 aliphatic rings. The van der Waals surface area contributed by atoms with E-state index in [0.29, 0.717) is 6.42 Å². The summed E-state index contributed by atoms with van der Waals surface area (Å²) in [6, 6.07) is 0. The normalized spacial score (nSPS) is 12.9. The predicted molar refractivity (Wildman–Crippen MR) is 58.7 cm³/mol. The third kappa shape index (κ3) is 7.62. The number of unbranched alkanes of at least 4 members (excludes halogenated alkanes) is 6. The van der Waals surface area contributed by atoms with E-state index in [-0.39, 0.29) is 13.0 Å². The fourth-order valence-corrected chi connectivity index (χ4v) is 1.85. The van der Waals surface area contributed by atoms with Gasteiger partial charge in [0.05, 0.1) is 0 Å². The Morgan fingerprint density at radius 3 is 1.76 bits per heavy atom. The van der Waals surface area contributed by atoms with E-state index in [1.54, 1.807) is 0 Å². The zero-order chi connectivity index (χ0) is 13.4. The maximum absolute atomic E-state index is 12.7. The van der Waals surface area contributed by atoms with Crippen LogP contribution < -0.4 is 0 Å². The Kier molecular flexibility index (Phi) is 7.82. The molecule has 0 aliphatic carbocycles. The molecule has 0 saturated heterocycles. The Labute approximate surface area is 101 Å². The van der Waals surface area contributed by atoms with Crippen LogP contribution in [0.2, 0.25) is 0 Å². The second-order valence-electron chi connectivity index (χ2n) is 4.04. The number of aliphatic hydroxyl groups is 1. The van der Waals surface area contributed by atoms with Gasteiger partial charge in [0.1, 0.15) is 0 Å². The average molecular weight is 273 g/mol. The molecule has 4 nitrogen and oxygen atoms in total. The SMILES string of the molecule is O=S(=O)([O-])C(F)(F)CCCCCCCCCO. The summed E-state index contributed by atoms with van der Waals surface area (Å²) in [5.41, 5.74) is 0. The lowest BCUT2D eigenvalue weighted by Crippen LogP contribution is -2.28. The van der Waals surface area contributed by atoms with Crippen LogP contribution in [0, 0.1) is 0 Å². The minimum atomic E-state index is -5.52. The first-order chi connectivity index (χ1) is 7.81. The highest BCUT2D eigenvalue weighted by atomic mass is 32.2. The number of alkyl halides is 2. The summed E-state index contributed by atoms with van der Waals surface area (Å²) in [5, 5.41) is 4.37. The maximum atomic E-state index is 12.7. The summed E-state index contributed by atoms with van der Waals surface area (Å²) in [7, 11) is -5.52. The number of hydrogen-bond acceptors (Lipinski definition) is 4. The van der Waals surface area contributed by atoms with Crippen molar-refractivity contribution >= 4 is 10.1 Å². The van der Waals surface area contributed by atoms with Crippen LogP contribution in [0.1, 0.15) is 51.4 Å². The van der Waals surface area contributed by atoms with Crippen molar-refractivity contribution in [2.24, 2.45) is 0 Å². The van der Waals surface area contributed by atoms with E-state index in [2.05, 4.69) is 0 Å². The van der Waals surface area contributed by atoms with Crippen LogP contribution in [0.3, 0.4) is 0 Å². The van der Waals surface area contributed by atoms with Crippen molar-refractivity contribution in [2.45, 2.75) is 56.6 Å². The zero-order valence-electron chi connectivity index (χ0n) is 9.70. The summed E-state index contributed by atoms with van der Waals surface area (Å²) >= 11 is 0. The van der Waals surface area contributed by atoms with E-state index < -0.39 is 21.8 Å². The van der Waals surface area contributed by atoms with Crippen LogP contribution in [0.15, 0.2) is 0 Å². The predicted octanol–water partition coefficient (Wildman–Crippen LogP) is 2.24. The minimum absolute atomic E-state index is 0.0362. The largest absolute Gasteiger partial charge is 0.743 e. The molecule has 17 heavy (non-hydrogen) atoms. The van der Waals surface area contributed by atoms with Gasteiger partial charge in [0.2, 0.25) is 0 Å². The Morgan fingerprint density at radius 1 is 0.941 bits per heavy atom. The van der Waals surface area contributed by atoms with Crippen molar-refractivity contribution in [3.05, 3.63) is 0 Å². The highest BCUT2D eigenvalue weighted by molar-refractivity contribution is 7.86. The average Bonchev–Trinajstić information content (AvgIpc) is 2.20. The summed E-state index contributed by atoms with van der Waals surface area (Å²) in [6.45, 7) is 0.160. The molecule has 104 valence electrons. The molecule has 7 heteroatoms. The van der Waals surface area contributed by atoms with Gasteiger partial charge < -0.3 is 9.66 Å². The van der Waals surface area contributed by atoms with Gasteiger partial charge in [0, 0.05) is 13.0 Å². The van der Waals surface area contributed by atoms with Gasteiger partial charge in [-0.1, -0.05) is 32.1 Å². The second-order valence-corrected chi connectivity index (χ2v) is 5.55. The summed E-state index contributed by atoms with van der Waals surface area (Å²) in [6.07, 6.45) is 3.81. The number of rotatable bonds is 10. The highest BCUT2D eigenvalue weighted by Crippen LogP contribution is 2.27. The first kappa shape index (κ1) is 16.7. The second kappa shape index (κ2) is 7.94. The first-order valence-electron chi connectivity index (χ1n) is 5.75. The van der Waals surface area contributed by atoms with Gasteiger partial charge in [-0.3, -0.25) is 0 Å². The molecule has 0 aromatic rings. The van der Waals surface area contributed by atoms with Crippen molar-refractivity contribution in [2.75, 3.05) is 6.61 Å². The van der Waals surface area contributed by atoms with Crippen LogP contribution in [0.5, 0.6) is 0 Å². The highest BCUT2D eigenvalue weighted by Gasteiger charge is 2.36. The molecular weight excluding hydrogens is 254 g/mol. The van der Waals surface area contributed by atoms with Crippen LogP contribution >= 0.6 is 0 Å². The third-order valence-electron chi connectivity index (χ3n) is 2.49. The summed E-state index contributed by atoms with van der Waals surface area (Å²) < 4.78 is 55.8. The minimum Gasteiger partial charge on any atom is -0.743 e. The lowest BCUT2D eigenvalue weighted by atomic mass is 10.1. The molecule has 0 amide bonds. The molecule has 0 aromatic heterocycles. The van der Waals surface area contributed by atoms with Gasteiger partial charge in [-0.15, -0.1) is 0 Å². The van der Waals surface area contributed by atoms with E-state index in [0.717, 1.165) is 32.1 Å². The van der Waals surface area contributed by atoms with Crippen molar-refractivity contribution < 1.29 is 26.9 Å². The molecule has 0 heterocycles. The molecular formula is C10H19F2O4S-. The molecule has 1 N–H and O–H groups in total. The quantitative estimate of drug-likeness (QED) is 0.489. The van der Waals surface area contributed by atoms with Gasteiger partial charge in [-0.05, 0) is 12.8 Å². The molecule has 0 radical (unpaired) electrons. The van der Waals surface area contributed by atoms with E-state index in [4.69, 9.17) is 5.11 Å². The lowest BCUT2D eigenvalue weighted by molar-refractivity contribution is 0.0670. The first-order valence-corrected chi connectivity index (χ1v) is 7.16. The molecule has 0 bridgehead atoms. The van der Waals surface area contributed by atoms with Crippen LogP contribution in [-0.4, -0.2) is 29.9 Å². The molecule has 0 spiro atoms. The molecule has 0 aromatic carbocycles. The summed E-state index contributed by atoms with van der Waals surface area (Å²) in [4.78, 5) is 0. The standard InChI is InChI=1S/C10H20F2O4S/c11-10(12,17(14,15)16)8-6-4-2-1-3-5-7-9-13/h13H,1-9H2,(H,14,15,16)/p-1. The van der Waals surface area contributed by atoms with E-state index >= 15 is 0 Å². The Morgan fingerprint density at radius 2 is 1.35 bits per heavy atom. The third-order valence-corrected chi connectivity index (χ3v) is 3.43. The topological polar surface area (TPSA) is 77.4 Å². The molecule has 0 saturated carbocycles. The van der Waals surface area contributed by atoms with Gasteiger partial charge in [-0.2, -0.15) is 8.78 Å². The van der Waals surface area contributed by atoms with Crippen LogP contribution in [-0.2, 0) is 10.1 Å². The van der Waals surface area contributed by atoms with Gasteiger partial charge in [0.25, 0.3) is 0 Å². The Bertz CT molecular complexity index is 291. The van der Waals surface area contributed by atoms with Crippen molar-refractivity contribution in [3.63, 3.8) is 0 Å². The smallest absolute Gasteiger partial charge is 0.334 e. The van der Waals surface area contributed by atoms with Crippen LogP contribution in [0.4, 0.5) is 8.78 Å². The van der Waals surface area contributed by atoms with Gasteiger partial charge >= 0.3 is 5.25 Å². The molecule has 0 aliphatic heterocycles. The molecule has 0 fully saturated rings. The lowest BCUT2D eigenvalue weighted by Gasteiger charge is -2.19. The molecule has 0 rings (SSSR count). The molecule has 0 unspecified atom stereocenters. The maximum Gasteiger partial charge on any atom is 0.334 e. The van der Waals surface area contributed by atoms with Crippen molar-refractivity contribution in [1.82, 2.24) is 0 Å². The monoisotopic (exact) mass is 273 g/mol. The number of aliphatic hydroxyl groups excluding tert-OH is 1. The van der Waals surface area contributed by atoms with Crippen LogP contribution in [0.25, 0.3) is 0 Å². The fraction of sp³-hybridized carbons (Fsp3) is 1.00. The van der Waals surface area contributed by atoms with E-state index in [1.165, 1.54) is 0 Å². The van der Waals surface area contributed by atoms with Gasteiger partial charge in [-0.25, -0.2) is 8.42 Å². The Hall–Kier alpha value is -0.270. The Balaban J connectivity index is 3.52. The number of halogens is 2. The van der Waals surface area contributed by atoms with E-state index in [1.807, 2.05) is 0 Å². The van der Waals surface area contributed by atoms with Crippen molar-refractivity contribution in [3.8, 4) is 0 Å². The van der Waals surface area contributed by atoms with E-state index in [9.17, 15) is 21.8 Å². The van der Waals surface area contributed by atoms with Crippen molar-refractivity contribution in [1.29, 1.82) is 0 Å². The zero-order valence-corrected chi connectivity index (χ0v) is 10.5. The molecule has 0 atom stereocenters. The fourth-order valence-electron chi connectivity index (χ4n) is 1.45. The summed E-state index contributed by atoms with van der Waals surface area (Å²) in [5.74, 6) is 0.